The number of aliphatic carboxylic acids is 2. The standard InChI is InChI=1S/C14H17NO2.C4H4O4/c1-15-7-9-5-14(16)12-6-10(17-2)3-4-11(12)13(9)8-15;5-3(6)1-2-4(7)8/h3-4,6,9,13H,5,7-8H2,1-2H3;1-2H,(H,5,6)(H,7,8). The van der Waals surface area contributed by atoms with Crippen LogP contribution in [0.3, 0.4) is 0 Å². The summed E-state index contributed by atoms with van der Waals surface area (Å²) >= 11 is 0. The summed E-state index contributed by atoms with van der Waals surface area (Å²) in [7, 11) is 3.77. The van der Waals surface area contributed by atoms with Crippen LogP contribution in [0.15, 0.2) is 30.4 Å². The molecule has 2 aliphatic rings. The Morgan fingerprint density at radius 2 is 1.84 bits per heavy atom. The van der Waals surface area contributed by atoms with Crippen LogP contribution in [0.5, 0.6) is 5.75 Å². The maximum absolute atomic E-state index is 12.1. The van der Waals surface area contributed by atoms with E-state index in [1.165, 1.54) is 5.56 Å². The molecule has 25 heavy (non-hydrogen) atoms. The van der Waals surface area contributed by atoms with Gasteiger partial charge in [0, 0.05) is 43.1 Å². The molecule has 0 radical (unpaired) electrons. The van der Waals surface area contributed by atoms with Crippen LogP contribution in [0.2, 0.25) is 0 Å². The number of Topliss-reactive ketones (excluding diaryl/α,β-unsaturated/α-hetero) is 1. The van der Waals surface area contributed by atoms with Gasteiger partial charge in [-0.25, -0.2) is 9.59 Å². The van der Waals surface area contributed by atoms with Gasteiger partial charge in [-0.05, 0) is 30.7 Å². The first-order chi connectivity index (χ1) is 11.8. The molecule has 134 valence electrons. The van der Waals surface area contributed by atoms with Crippen molar-refractivity contribution in [3.05, 3.63) is 41.5 Å². The number of carbonyl (C=O) groups excluding carboxylic acids is 1. The summed E-state index contributed by atoms with van der Waals surface area (Å²) < 4.78 is 5.20. The summed E-state index contributed by atoms with van der Waals surface area (Å²) in [6, 6.07) is 5.93. The molecule has 1 fully saturated rings. The van der Waals surface area contributed by atoms with E-state index >= 15 is 0 Å². The highest BCUT2D eigenvalue weighted by Gasteiger charge is 2.39. The summed E-state index contributed by atoms with van der Waals surface area (Å²) in [5, 5.41) is 15.6. The number of likely N-dealkylation sites (tertiary alicyclic amines) is 1. The average Bonchev–Trinajstić information content (AvgIpc) is 2.93. The Balaban J connectivity index is 0.000000242. The van der Waals surface area contributed by atoms with Gasteiger partial charge in [0.25, 0.3) is 0 Å². The summed E-state index contributed by atoms with van der Waals surface area (Å²) in [5.41, 5.74) is 2.09. The van der Waals surface area contributed by atoms with Crippen molar-refractivity contribution in [2.75, 3.05) is 27.2 Å². The van der Waals surface area contributed by atoms with Gasteiger partial charge in [-0.1, -0.05) is 6.07 Å². The number of rotatable bonds is 3. The zero-order chi connectivity index (χ0) is 18.6. The molecule has 0 spiro atoms. The Hall–Kier alpha value is -2.67. The Bertz CT molecular complexity index is 696. The second kappa shape index (κ2) is 7.94. The number of benzene rings is 1. The third kappa shape index (κ3) is 4.67. The van der Waals surface area contributed by atoms with E-state index in [1.54, 1.807) is 7.11 Å². The maximum Gasteiger partial charge on any atom is 0.328 e. The van der Waals surface area contributed by atoms with E-state index in [0.29, 0.717) is 30.4 Å². The fourth-order valence-electron chi connectivity index (χ4n) is 3.36. The molecule has 0 amide bonds. The number of nitrogens with zero attached hydrogens (tertiary/aromatic N) is 1. The van der Waals surface area contributed by atoms with Gasteiger partial charge >= 0.3 is 11.9 Å². The van der Waals surface area contributed by atoms with E-state index in [2.05, 4.69) is 18.0 Å². The lowest BCUT2D eigenvalue weighted by atomic mass is 9.76. The molecule has 1 aliphatic heterocycles. The number of hydrogen-bond donors (Lipinski definition) is 2. The smallest absolute Gasteiger partial charge is 0.328 e. The first-order valence-corrected chi connectivity index (χ1v) is 7.85. The molecule has 7 nitrogen and oxygen atoms in total. The van der Waals surface area contributed by atoms with Crippen LogP contribution in [0.1, 0.15) is 28.3 Å². The van der Waals surface area contributed by atoms with Crippen LogP contribution in [-0.4, -0.2) is 60.1 Å². The van der Waals surface area contributed by atoms with Gasteiger partial charge in [-0.15, -0.1) is 0 Å². The molecule has 1 aromatic rings. The van der Waals surface area contributed by atoms with Crippen molar-refractivity contribution < 1.29 is 29.3 Å². The number of ketones is 1. The Labute approximate surface area is 145 Å². The number of fused-ring (bicyclic) bond motifs is 3. The quantitative estimate of drug-likeness (QED) is 0.801. The monoisotopic (exact) mass is 347 g/mol. The molecule has 2 unspecified atom stereocenters. The molecule has 7 heteroatoms. The largest absolute Gasteiger partial charge is 0.497 e. The highest BCUT2D eigenvalue weighted by atomic mass is 16.5. The van der Waals surface area contributed by atoms with E-state index in [-0.39, 0.29) is 5.78 Å². The van der Waals surface area contributed by atoms with Crippen LogP contribution in [0.4, 0.5) is 0 Å². The Kier molecular flexibility index (Phi) is 5.93. The number of carbonyl (C=O) groups is 3. The SMILES string of the molecule is COc1ccc2c(c1)C(=O)CC1CN(C)CC21.O=C(O)C=CC(=O)O. The van der Waals surface area contributed by atoms with E-state index < -0.39 is 11.9 Å². The number of methoxy groups -OCH3 is 1. The topological polar surface area (TPSA) is 104 Å². The van der Waals surface area contributed by atoms with Crippen LogP contribution in [0.25, 0.3) is 0 Å². The normalized spacial score (nSPS) is 21.9. The van der Waals surface area contributed by atoms with Gasteiger partial charge in [0.1, 0.15) is 5.75 Å². The third-order valence-electron chi connectivity index (χ3n) is 4.40. The molecule has 1 aliphatic carbocycles. The highest BCUT2D eigenvalue weighted by molar-refractivity contribution is 5.99. The molecule has 1 saturated heterocycles. The number of carboxylic acids is 2. The third-order valence-corrected chi connectivity index (χ3v) is 4.40. The first kappa shape index (κ1) is 18.7. The minimum absolute atomic E-state index is 0.274. The van der Waals surface area contributed by atoms with Gasteiger partial charge in [-0.3, -0.25) is 4.79 Å². The zero-order valence-corrected chi connectivity index (χ0v) is 14.1. The second-order valence-corrected chi connectivity index (χ2v) is 6.18. The molecule has 1 aromatic carbocycles. The summed E-state index contributed by atoms with van der Waals surface area (Å²) in [6.45, 7) is 2.11. The van der Waals surface area contributed by atoms with Crippen molar-refractivity contribution in [3.8, 4) is 5.75 Å². The molecular weight excluding hydrogens is 326 g/mol. The van der Waals surface area contributed by atoms with Crippen molar-refractivity contribution in [1.82, 2.24) is 4.90 Å². The molecular formula is C18H21NO6. The second-order valence-electron chi connectivity index (χ2n) is 6.18. The summed E-state index contributed by atoms with van der Waals surface area (Å²) in [5.74, 6) is -0.427. The Morgan fingerprint density at radius 3 is 2.40 bits per heavy atom. The molecule has 0 saturated carbocycles. The number of hydrogen-bond acceptors (Lipinski definition) is 5. The molecule has 2 atom stereocenters. The van der Waals surface area contributed by atoms with Crippen LogP contribution >= 0.6 is 0 Å². The van der Waals surface area contributed by atoms with Crippen LogP contribution in [0, 0.1) is 5.92 Å². The van der Waals surface area contributed by atoms with Crippen LogP contribution < -0.4 is 4.74 Å². The number of likely N-dealkylation sites (N-methyl/N-ethyl adjacent to an activating group) is 1. The molecule has 3 rings (SSSR count). The lowest BCUT2D eigenvalue weighted by molar-refractivity contribution is -0.134. The van der Waals surface area contributed by atoms with Gasteiger partial charge in [0.15, 0.2) is 5.78 Å². The lowest BCUT2D eigenvalue weighted by Gasteiger charge is -2.26. The van der Waals surface area contributed by atoms with E-state index in [4.69, 9.17) is 14.9 Å². The van der Waals surface area contributed by atoms with Crippen molar-refractivity contribution >= 4 is 17.7 Å². The van der Waals surface area contributed by atoms with Crippen molar-refractivity contribution in [3.63, 3.8) is 0 Å². The molecule has 2 N–H and O–H groups in total. The van der Waals surface area contributed by atoms with Crippen molar-refractivity contribution in [2.24, 2.45) is 5.92 Å². The maximum atomic E-state index is 12.1. The van der Waals surface area contributed by atoms with E-state index in [9.17, 15) is 14.4 Å². The summed E-state index contributed by atoms with van der Waals surface area (Å²) in [6.07, 6.45) is 1.81. The van der Waals surface area contributed by atoms with Gasteiger partial charge in [-0.2, -0.15) is 0 Å². The molecule has 0 bridgehead atoms. The van der Waals surface area contributed by atoms with Crippen molar-refractivity contribution in [1.29, 1.82) is 0 Å². The molecule has 0 aromatic heterocycles. The summed E-state index contributed by atoms with van der Waals surface area (Å²) in [4.78, 5) is 33.6. The van der Waals surface area contributed by atoms with Gasteiger partial charge in [0.2, 0.25) is 0 Å². The fraction of sp³-hybridized carbons (Fsp3) is 0.389. The average molecular weight is 347 g/mol. The van der Waals surface area contributed by atoms with Crippen molar-refractivity contribution in [2.45, 2.75) is 12.3 Å². The van der Waals surface area contributed by atoms with Gasteiger partial charge < -0.3 is 19.8 Å². The minimum Gasteiger partial charge on any atom is -0.497 e. The number of ether oxygens (including phenoxy) is 1. The zero-order valence-electron chi connectivity index (χ0n) is 14.1. The van der Waals surface area contributed by atoms with E-state index in [1.807, 2.05) is 12.1 Å². The molecule has 1 heterocycles. The lowest BCUT2D eigenvalue weighted by Crippen LogP contribution is -2.23. The number of carboxylic acid groups (broad SMARTS) is 2. The van der Waals surface area contributed by atoms with Crippen LogP contribution in [-0.2, 0) is 9.59 Å². The van der Waals surface area contributed by atoms with Gasteiger partial charge in [0.05, 0.1) is 7.11 Å². The predicted octanol–water partition coefficient (Wildman–Crippen LogP) is 1.64. The first-order valence-electron chi connectivity index (χ1n) is 7.85. The highest BCUT2D eigenvalue weighted by Crippen LogP contribution is 2.41. The Morgan fingerprint density at radius 1 is 1.20 bits per heavy atom. The predicted molar refractivity (Wildman–Crippen MR) is 90.1 cm³/mol. The fourth-order valence-corrected chi connectivity index (χ4v) is 3.36. The minimum atomic E-state index is -1.26. The van der Waals surface area contributed by atoms with E-state index in [0.717, 1.165) is 24.4 Å².